The summed E-state index contributed by atoms with van der Waals surface area (Å²) in [5.41, 5.74) is 2.21. The van der Waals surface area contributed by atoms with Gasteiger partial charge in [-0.15, -0.1) is 0 Å². The predicted octanol–water partition coefficient (Wildman–Crippen LogP) is 5.13. The van der Waals surface area contributed by atoms with E-state index < -0.39 is 4.92 Å². The van der Waals surface area contributed by atoms with Gasteiger partial charge in [0, 0.05) is 17.8 Å². The van der Waals surface area contributed by atoms with Crippen molar-refractivity contribution < 1.29 is 9.72 Å². The molecule has 5 nitrogen and oxygen atoms in total. The van der Waals surface area contributed by atoms with Crippen LogP contribution in [-0.4, -0.2) is 10.8 Å². The molecule has 1 amide bonds. The highest BCUT2D eigenvalue weighted by atomic mass is 16.6. The summed E-state index contributed by atoms with van der Waals surface area (Å²) in [7, 11) is 0. The zero-order valence-electron chi connectivity index (χ0n) is 14.9. The summed E-state index contributed by atoms with van der Waals surface area (Å²) in [4.78, 5) is 24.8. The SMILES string of the molecule is C/C=C\C(=O)N(c1ccc([N+](=O)[O-])cc1)c1ccccc1C(C)(C)C. The minimum atomic E-state index is -0.453. The normalized spacial score (nSPS) is 11.5. The molecule has 2 aromatic carbocycles. The lowest BCUT2D eigenvalue weighted by atomic mass is 9.85. The number of hydrogen-bond acceptors (Lipinski definition) is 3. The lowest BCUT2D eigenvalue weighted by Crippen LogP contribution is -2.27. The van der Waals surface area contributed by atoms with E-state index in [4.69, 9.17) is 0 Å². The molecule has 0 aromatic heterocycles. The van der Waals surface area contributed by atoms with Crippen LogP contribution in [0, 0.1) is 10.1 Å². The summed E-state index contributed by atoms with van der Waals surface area (Å²) in [5, 5.41) is 10.9. The van der Waals surface area contributed by atoms with Crippen LogP contribution in [0.25, 0.3) is 0 Å². The van der Waals surface area contributed by atoms with Gasteiger partial charge in [0.15, 0.2) is 0 Å². The second-order valence-electron chi connectivity index (χ2n) is 6.71. The van der Waals surface area contributed by atoms with E-state index in [1.54, 1.807) is 30.0 Å². The van der Waals surface area contributed by atoms with Gasteiger partial charge in [-0.2, -0.15) is 0 Å². The lowest BCUT2D eigenvalue weighted by Gasteiger charge is -2.29. The van der Waals surface area contributed by atoms with Crippen LogP contribution in [0.3, 0.4) is 0 Å². The molecule has 0 fully saturated rings. The number of anilines is 2. The maximum absolute atomic E-state index is 12.7. The molecule has 0 unspecified atom stereocenters. The number of non-ortho nitro benzene ring substituents is 1. The van der Waals surface area contributed by atoms with Gasteiger partial charge in [-0.1, -0.05) is 45.0 Å². The number of nitro benzene ring substituents is 1. The molecular formula is C20H22N2O3. The van der Waals surface area contributed by atoms with Gasteiger partial charge >= 0.3 is 0 Å². The van der Waals surface area contributed by atoms with E-state index in [9.17, 15) is 14.9 Å². The van der Waals surface area contributed by atoms with Crippen molar-refractivity contribution in [1.29, 1.82) is 0 Å². The highest BCUT2D eigenvalue weighted by Crippen LogP contribution is 2.36. The van der Waals surface area contributed by atoms with Crippen LogP contribution in [0.4, 0.5) is 17.1 Å². The van der Waals surface area contributed by atoms with Crippen molar-refractivity contribution in [2.24, 2.45) is 0 Å². The van der Waals surface area contributed by atoms with E-state index in [-0.39, 0.29) is 17.0 Å². The van der Waals surface area contributed by atoms with Gasteiger partial charge in [-0.3, -0.25) is 19.8 Å². The first-order valence-corrected chi connectivity index (χ1v) is 8.06. The third-order valence-corrected chi connectivity index (χ3v) is 3.80. The van der Waals surface area contributed by atoms with Crippen LogP contribution in [0.2, 0.25) is 0 Å². The van der Waals surface area contributed by atoms with Gasteiger partial charge in [-0.05, 0) is 42.2 Å². The van der Waals surface area contributed by atoms with Crippen molar-refractivity contribution in [3.05, 3.63) is 76.4 Å². The zero-order chi connectivity index (χ0) is 18.6. The molecule has 0 saturated carbocycles. The summed E-state index contributed by atoms with van der Waals surface area (Å²) in [6.07, 6.45) is 3.17. The molecule has 0 atom stereocenters. The number of nitro groups is 1. The van der Waals surface area contributed by atoms with Crippen molar-refractivity contribution in [2.75, 3.05) is 4.90 Å². The van der Waals surface area contributed by atoms with Gasteiger partial charge in [0.25, 0.3) is 11.6 Å². The van der Waals surface area contributed by atoms with E-state index >= 15 is 0 Å². The summed E-state index contributed by atoms with van der Waals surface area (Å²) in [6.45, 7) is 8.03. The third kappa shape index (κ3) is 4.12. The molecule has 0 aliphatic carbocycles. The monoisotopic (exact) mass is 338 g/mol. The van der Waals surface area contributed by atoms with Crippen molar-refractivity contribution in [1.82, 2.24) is 0 Å². The van der Waals surface area contributed by atoms with Crippen molar-refractivity contribution in [2.45, 2.75) is 33.1 Å². The highest BCUT2D eigenvalue weighted by molar-refractivity contribution is 6.07. The molecule has 5 heteroatoms. The molecule has 0 aliphatic rings. The predicted molar refractivity (Wildman–Crippen MR) is 100 cm³/mol. The molecule has 0 heterocycles. The van der Waals surface area contributed by atoms with Crippen molar-refractivity contribution in [3.63, 3.8) is 0 Å². The Bertz CT molecular complexity index is 802. The Balaban J connectivity index is 2.63. The second kappa shape index (κ2) is 7.30. The second-order valence-corrected chi connectivity index (χ2v) is 6.71. The number of hydrogen-bond donors (Lipinski definition) is 0. The average Bonchev–Trinajstić information content (AvgIpc) is 2.55. The first-order chi connectivity index (χ1) is 11.8. The number of benzene rings is 2. The topological polar surface area (TPSA) is 63.5 Å². The Morgan fingerprint density at radius 2 is 1.68 bits per heavy atom. The largest absolute Gasteiger partial charge is 0.277 e. The Morgan fingerprint density at radius 1 is 1.08 bits per heavy atom. The number of allylic oxidation sites excluding steroid dienone is 1. The fourth-order valence-electron chi connectivity index (χ4n) is 2.63. The molecule has 130 valence electrons. The molecule has 0 spiro atoms. The molecule has 0 N–H and O–H groups in total. The number of para-hydroxylation sites is 1. The highest BCUT2D eigenvalue weighted by Gasteiger charge is 2.25. The molecule has 2 rings (SSSR count). The lowest BCUT2D eigenvalue weighted by molar-refractivity contribution is -0.384. The van der Waals surface area contributed by atoms with Gasteiger partial charge in [-0.25, -0.2) is 0 Å². The minimum absolute atomic E-state index is 0.00807. The number of carbonyl (C=O) groups is 1. The molecule has 0 bridgehead atoms. The van der Waals surface area contributed by atoms with Crippen molar-refractivity contribution in [3.8, 4) is 0 Å². The summed E-state index contributed by atoms with van der Waals surface area (Å²) < 4.78 is 0. The number of rotatable bonds is 4. The van der Waals surface area contributed by atoms with E-state index in [1.165, 1.54) is 18.2 Å². The summed E-state index contributed by atoms with van der Waals surface area (Å²) >= 11 is 0. The Labute approximate surface area is 147 Å². The first-order valence-electron chi connectivity index (χ1n) is 8.06. The van der Waals surface area contributed by atoms with E-state index in [1.807, 2.05) is 24.3 Å². The van der Waals surface area contributed by atoms with Gasteiger partial charge in [0.1, 0.15) is 0 Å². The van der Waals surface area contributed by atoms with Crippen molar-refractivity contribution >= 4 is 23.0 Å². The summed E-state index contributed by atoms with van der Waals surface area (Å²) in [5.74, 6) is -0.201. The Hall–Kier alpha value is -2.95. The smallest absolute Gasteiger partial charge is 0.269 e. The zero-order valence-corrected chi connectivity index (χ0v) is 14.9. The van der Waals surface area contributed by atoms with Gasteiger partial charge in [0.2, 0.25) is 0 Å². The molecule has 0 aliphatic heterocycles. The van der Waals surface area contributed by atoms with Crippen LogP contribution >= 0.6 is 0 Å². The number of amides is 1. The average molecular weight is 338 g/mol. The van der Waals surface area contributed by atoms with Crippen LogP contribution < -0.4 is 4.90 Å². The molecule has 0 saturated heterocycles. The van der Waals surface area contributed by atoms with Crippen LogP contribution in [0.1, 0.15) is 33.3 Å². The molecular weight excluding hydrogens is 316 g/mol. The standard InChI is InChI=1S/C20H22N2O3/c1-5-8-19(23)21(15-11-13-16(14-12-15)22(24)25)18-10-7-6-9-17(18)20(2,3)4/h5-14H,1-4H3/b8-5-. The maximum Gasteiger partial charge on any atom is 0.269 e. The van der Waals surface area contributed by atoms with Gasteiger partial charge in [0.05, 0.1) is 10.6 Å². The van der Waals surface area contributed by atoms with Gasteiger partial charge < -0.3 is 0 Å². The summed E-state index contributed by atoms with van der Waals surface area (Å²) in [6, 6.07) is 13.7. The third-order valence-electron chi connectivity index (χ3n) is 3.80. The number of carbonyl (C=O) groups excluding carboxylic acids is 1. The van der Waals surface area contributed by atoms with Crippen LogP contribution in [-0.2, 0) is 10.2 Å². The fraction of sp³-hybridized carbons (Fsp3) is 0.250. The molecule has 0 radical (unpaired) electrons. The molecule has 2 aromatic rings. The first kappa shape index (κ1) is 18.4. The Morgan fingerprint density at radius 3 is 2.20 bits per heavy atom. The number of nitrogens with zero attached hydrogens (tertiary/aromatic N) is 2. The van der Waals surface area contributed by atoms with E-state index in [0.717, 1.165) is 11.3 Å². The minimum Gasteiger partial charge on any atom is -0.277 e. The van der Waals surface area contributed by atoms with Crippen LogP contribution in [0.15, 0.2) is 60.7 Å². The molecule has 25 heavy (non-hydrogen) atoms. The quantitative estimate of drug-likeness (QED) is 0.441. The van der Waals surface area contributed by atoms with E-state index in [2.05, 4.69) is 20.8 Å². The van der Waals surface area contributed by atoms with E-state index in [0.29, 0.717) is 5.69 Å². The maximum atomic E-state index is 12.7. The fourth-order valence-corrected chi connectivity index (χ4v) is 2.63. The Kier molecular flexibility index (Phi) is 5.37. The van der Waals surface area contributed by atoms with Crippen LogP contribution in [0.5, 0.6) is 0 Å².